The molecule has 0 spiro atoms. The number of rotatable bonds is 3. The Morgan fingerprint density at radius 1 is 1.44 bits per heavy atom. The number of carbonyl (C=O) groups excluding carboxylic acids is 1. The largest absolute Gasteiger partial charge is 0.304 e. The lowest BCUT2D eigenvalue weighted by Gasteiger charge is -2.31. The van der Waals surface area contributed by atoms with Crippen molar-refractivity contribution in [3.05, 3.63) is 20.8 Å². The summed E-state index contributed by atoms with van der Waals surface area (Å²) in [6.45, 7) is 4.66. The van der Waals surface area contributed by atoms with Gasteiger partial charge in [0.1, 0.15) is 0 Å². The van der Waals surface area contributed by atoms with Crippen LogP contribution in [0, 0.1) is 0 Å². The van der Waals surface area contributed by atoms with Gasteiger partial charge in [-0.3, -0.25) is 9.69 Å². The molecule has 1 aliphatic rings. The number of piperazine rings is 1. The Morgan fingerprint density at radius 3 is 2.69 bits per heavy atom. The molecule has 1 aromatic rings. The van der Waals surface area contributed by atoms with Crippen molar-refractivity contribution in [3.63, 3.8) is 0 Å². The molecule has 2 rings (SSSR count). The zero-order chi connectivity index (χ0) is 11.5. The quantitative estimate of drug-likeness (QED) is 0.797. The molecule has 16 heavy (non-hydrogen) atoms. The van der Waals surface area contributed by atoms with Crippen LogP contribution in [0.4, 0.5) is 0 Å². The van der Waals surface area contributed by atoms with Crippen molar-refractivity contribution >= 4 is 33.0 Å². The second-order valence-corrected chi connectivity index (χ2v) is 5.96. The number of thiophene rings is 1. The van der Waals surface area contributed by atoms with Crippen molar-refractivity contribution in [1.29, 1.82) is 0 Å². The molecule has 1 fully saturated rings. The number of carbonyl (C=O) groups is 1. The van der Waals surface area contributed by atoms with E-state index in [1.807, 2.05) is 11.4 Å². The van der Waals surface area contributed by atoms with Crippen LogP contribution in [-0.2, 0) is 0 Å². The van der Waals surface area contributed by atoms with Gasteiger partial charge in [-0.05, 0) is 29.0 Å². The van der Waals surface area contributed by atoms with Crippen LogP contribution in [0.15, 0.2) is 15.9 Å². The van der Waals surface area contributed by atoms with Gasteiger partial charge in [-0.2, -0.15) is 0 Å². The predicted molar refractivity (Wildman–Crippen MR) is 70.3 cm³/mol. The van der Waals surface area contributed by atoms with Crippen molar-refractivity contribution in [2.45, 2.75) is 0 Å². The fourth-order valence-corrected chi connectivity index (χ4v) is 3.11. The summed E-state index contributed by atoms with van der Waals surface area (Å²) in [6.07, 6.45) is 0. The van der Waals surface area contributed by atoms with Crippen LogP contribution in [-0.4, -0.2) is 55.4 Å². The summed E-state index contributed by atoms with van der Waals surface area (Å²) in [4.78, 5) is 17.3. The lowest BCUT2D eigenvalue weighted by molar-refractivity contribution is 0.0880. The first-order valence-corrected chi connectivity index (χ1v) is 7.00. The number of likely N-dealkylation sites (N-methyl/N-ethyl adjacent to an activating group) is 1. The molecule has 2 heterocycles. The Labute approximate surface area is 108 Å². The lowest BCUT2D eigenvalue weighted by atomic mass is 10.2. The zero-order valence-corrected chi connectivity index (χ0v) is 11.7. The van der Waals surface area contributed by atoms with Crippen molar-refractivity contribution in [2.24, 2.45) is 0 Å². The molecule has 0 radical (unpaired) electrons. The third kappa shape index (κ3) is 3.13. The Hall–Kier alpha value is -0.230. The molecule has 3 nitrogen and oxygen atoms in total. The Morgan fingerprint density at radius 2 is 2.12 bits per heavy atom. The van der Waals surface area contributed by atoms with Crippen LogP contribution in [0.3, 0.4) is 0 Å². The first kappa shape index (κ1) is 12.2. The van der Waals surface area contributed by atoms with Crippen LogP contribution in [0.25, 0.3) is 0 Å². The van der Waals surface area contributed by atoms with Gasteiger partial charge in [-0.15, -0.1) is 11.3 Å². The van der Waals surface area contributed by atoms with Crippen molar-refractivity contribution in [2.75, 3.05) is 39.8 Å². The minimum Gasteiger partial charge on any atom is -0.304 e. The van der Waals surface area contributed by atoms with Gasteiger partial charge in [-0.1, -0.05) is 0 Å². The second-order valence-electron chi connectivity index (χ2n) is 4.13. The SMILES string of the molecule is CN1CCN(CC(=O)c2cc(Br)cs2)CC1. The highest BCUT2D eigenvalue weighted by Gasteiger charge is 2.18. The summed E-state index contributed by atoms with van der Waals surface area (Å²) in [7, 11) is 2.12. The normalized spacial score (nSPS) is 18.9. The van der Waals surface area contributed by atoms with Gasteiger partial charge in [-0.25, -0.2) is 0 Å². The third-order valence-electron chi connectivity index (χ3n) is 2.81. The third-order valence-corrected chi connectivity index (χ3v) is 4.54. The van der Waals surface area contributed by atoms with E-state index < -0.39 is 0 Å². The number of halogens is 1. The molecule has 0 N–H and O–H groups in total. The van der Waals surface area contributed by atoms with Crippen LogP contribution >= 0.6 is 27.3 Å². The maximum Gasteiger partial charge on any atom is 0.186 e. The van der Waals surface area contributed by atoms with Crippen LogP contribution in [0.1, 0.15) is 9.67 Å². The van der Waals surface area contributed by atoms with Crippen LogP contribution in [0.2, 0.25) is 0 Å². The predicted octanol–water partition coefficient (Wildman–Crippen LogP) is 1.94. The van der Waals surface area contributed by atoms with Gasteiger partial charge < -0.3 is 4.90 Å². The Balaban J connectivity index is 1.88. The molecule has 0 bridgehead atoms. The highest BCUT2D eigenvalue weighted by molar-refractivity contribution is 9.10. The van der Waals surface area contributed by atoms with Gasteiger partial charge in [0.25, 0.3) is 0 Å². The molecule has 0 unspecified atom stereocenters. The van der Waals surface area contributed by atoms with Gasteiger partial charge >= 0.3 is 0 Å². The molecule has 0 atom stereocenters. The Kier molecular flexibility index (Phi) is 4.13. The van der Waals surface area contributed by atoms with Crippen LogP contribution < -0.4 is 0 Å². The van der Waals surface area contributed by atoms with E-state index in [4.69, 9.17) is 0 Å². The van der Waals surface area contributed by atoms with Crippen molar-refractivity contribution in [3.8, 4) is 0 Å². The highest BCUT2D eigenvalue weighted by atomic mass is 79.9. The lowest BCUT2D eigenvalue weighted by Crippen LogP contribution is -2.46. The summed E-state index contributed by atoms with van der Waals surface area (Å²) in [5.41, 5.74) is 0. The van der Waals surface area contributed by atoms with Gasteiger partial charge in [0, 0.05) is 36.0 Å². The molecule has 0 aromatic carbocycles. The molecule has 88 valence electrons. The molecule has 1 aromatic heterocycles. The standard InChI is InChI=1S/C11H15BrN2OS/c1-13-2-4-14(5-3-13)7-10(15)11-6-9(12)8-16-11/h6,8H,2-5,7H2,1H3. The van der Waals surface area contributed by atoms with E-state index in [1.54, 1.807) is 0 Å². The molecular weight excluding hydrogens is 288 g/mol. The summed E-state index contributed by atoms with van der Waals surface area (Å²) < 4.78 is 0.999. The number of hydrogen-bond acceptors (Lipinski definition) is 4. The van der Waals surface area contributed by atoms with E-state index >= 15 is 0 Å². The zero-order valence-electron chi connectivity index (χ0n) is 9.28. The monoisotopic (exact) mass is 302 g/mol. The molecule has 0 aliphatic carbocycles. The minimum absolute atomic E-state index is 0.236. The average Bonchev–Trinajstić information content (AvgIpc) is 2.68. The number of hydrogen-bond donors (Lipinski definition) is 0. The highest BCUT2D eigenvalue weighted by Crippen LogP contribution is 2.20. The molecule has 0 saturated carbocycles. The fraction of sp³-hybridized carbons (Fsp3) is 0.545. The van der Waals surface area contributed by atoms with E-state index in [0.29, 0.717) is 6.54 Å². The maximum atomic E-state index is 11.9. The topological polar surface area (TPSA) is 23.6 Å². The molecule has 1 aliphatic heterocycles. The van der Waals surface area contributed by atoms with E-state index in [1.165, 1.54) is 11.3 Å². The number of nitrogens with zero attached hydrogens (tertiary/aromatic N) is 2. The molecule has 1 saturated heterocycles. The summed E-state index contributed by atoms with van der Waals surface area (Å²) in [6, 6.07) is 1.91. The minimum atomic E-state index is 0.236. The van der Waals surface area contributed by atoms with Gasteiger partial charge in [0.2, 0.25) is 0 Å². The van der Waals surface area contributed by atoms with E-state index in [-0.39, 0.29) is 5.78 Å². The smallest absolute Gasteiger partial charge is 0.186 e. The number of ketones is 1. The maximum absolute atomic E-state index is 11.9. The van der Waals surface area contributed by atoms with Gasteiger partial charge in [0.15, 0.2) is 5.78 Å². The summed E-state index contributed by atoms with van der Waals surface area (Å²) in [5, 5.41) is 1.96. The van der Waals surface area contributed by atoms with E-state index in [0.717, 1.165) is 35.5 Å². The fourth-order valence-electron chi connectivity index (χ4n) is 1.75. The van der Waals surface area contributed by atoms with Crippen molar-refractivity contribution < 1.29 is 4.79 Å². The van der Waals surface area contributed by atoms with E-state index in [9.17, 15) is 4.79 Å². The Bertz CT molecular complexity index is 372. The summed E-state index contributed by atoms with van der Waals surface area (Å²) in [5.74, 6) is 0.236. The summed E-state index contributed by atoms with van der Waals surface area (Å²) >= 11 is 4.88. The first-order valence-electron chi connectivity index (χ1n) is 5.33. The van der Waals surface area contributed by atoms with E-state index in [2.05, 4.69) is 32.8 Å². The molecule has 5 heteroatoms. The molecular formula is C11H15BrN2OS. The van der Waals surface area contributed by atoms with Crippen LogP contribution in [0.5, 0.6) is 0 Å². The first-order chi connectivity index (χ1) is 7.65. The van der Waals surface area contributed by atoms with Crippen molar-refractivity contribution in [1.82, 2.24) is 9.80 Å². The second kappa shape index (κ2) is 5.40. The average molecular weight is 303 g/mol. The molecule has 0 amide bonds. The van der Waals surface area contributed by atoms with Gasteiger partial charge in [0.05, 0.1) is 11.4 Å². The number of Topliss-reactive ketones (excluding diaryl/α,β-unsaturated/α-hetero) is 1.